The van der Waals surface area contributed by atoms with Crippen molar-refractivity contribution in [2.24, 2.45) is 0 Å². The molecule has 0 aromatic heterocycles. The topological polar surface area (TPSA) is 92.7 Å². The van der Waals surface area contributed by atoms with Crippen LogP contribution in [0.4, 0.5) is 4.79 Å². The predicted molar refractivity (Wildman–Crippen MR) is 30.7 cm³/mol. The zero-order valence-corrected chi connectivity index (χ0v) is 5.36. The van der Waals surface area contributed by atoms with Crippen LogP contribution in [-0.4, -0.2) is 29.2 Å². The Kier molecular flexibility index (Phi) is 1.75. The molecule has 1 fully saturated rings. The molecule has 2 N–H and O–H groups in total. The van der Waals surface area contributed by atoms with Crippen molar-refractivity contribution in [1.82, 2.24) is 5.32 Å². The third-order valence-corrected chi connectivity index (χ3v) is 1.17. The summed E-state index contributed by atoms with van der Waals surface area (Å²) in [5, 5.41) is 9.97. The first-order chi connectivity index (χ1) is 5.09. The SMILES string of the molecule is O=C1CC(OC(=O)O)C(=O)N1. The van der Waals surface area contributed by atoms with Crippen LogP contribution in [0.5, 0.6) is 0 Å². The number of carboxylic acid groups (broad SMARTS) is 1. The fourth-order valence-electron chi connectivity index (χ4n) is 0.747. The molecule has 1 rings (SSSR count). The standard InChI is InChI=1S/C5H5NO5/c7-3-1-2(4(8)6-3)11-5(9)10/h2H,1H2,(H,9,10)(H,6,7,8). The summed E-state index contributed by atoms with van der Waals surface area (Å²) >= 11 is 0. The zero-order valence-electron chi connectivity index (χ0n) is 5.36. The molecule has 6 heteroatoms. The van der Waals surface area contributed by atoms with E-state index in [0.717, 1.165) is 0 Å². The summed E-state index contributed by atoms with van der Waals surface area (Å²) < 4.78 is 4.08. The molecule has 1 unspecified atom stereocenters. The second-order valence-corrected chi connectivity index (χ2v) is 1.99. The highest BCUT2D eigenvalue weighted by Gasteiger charge is 2.33. The molecule has 0 aliphatic carbocycles. The van der Waals surface area contributed by atoms with Crippen LogP contribution in [0, 0.1) is 0 Å². The number of amides is 2. The highest BCUT2D eigenvalue weighted by Crippen LogP contribution is 2.05. The highest BCUT2D eigenvalue weighted by molar-refractivity contribution is 6.05. The Balaban J connectivity index is 2.53. The van der Waals surface area contributed by atoms with Crippen molar-refractivity contribution in [3.8, 4) is 0 Å². The molecular formula is C5H5NO5. The average Bonchev–Trinajstić information content (AvgIpc) is 2.09. The first-order valence-electron chi connectivity index (χ1n) is 2.83. The van der Waals surface area contributed by atoms with E-state index >= 15 is 0 Å². The maximum Gasteiger partial charge on any atom is 0.506 e. The van der Waals surface area contributed by atoms with Gasteiger partial charge in [0, 0.05) is 0 Å². The Morgan fingerprint density at radius 1 is 1.64 bits per heavy atom. The smallest absolute Gasteiger partial charge is 0.450 e. The van der Waals surface area contributed by atoms with Crippen molar-refractivity contribution in [2.45, 2.75) is 12.5 Å². The lowest BCUT2D eigenvalue weighted by atomic mass is 10.3. The van der Waals surface area contributed by atoms with Crippen LogP contribution in [0.1, 0.15) is 6.42 Å². The third-order valence-electron chi connectivity index (χ3n) is 1.17. The van der Waals surface area contributed by atoms with Gasteiger partial charge in [-0.05, 0) is 0 Å². The molecule has 1 aliphatic heterocycles. The Hall–Kier alpha value is -1.59. The van der Waals surface area contributed by atoms with Gasteiger partial charge in [0.25, 0.3) is 5.91 Å². The highest BCUT2D eigenvalue weighted by atomic mass is 16.7. The molecule has 1 saturated heterocycles. The van der Waals surface area contributed by atoms with E-state index in [-0.39, 0.29) is 6.42 Å². The first-order valence-corrected chi connectivity index (χ1v) is 2.83. The van der Waals surface area contributed by atoms with E-state index in [1.165, 1.54) is 0 Å². The van der Waals surface area contributed by atoms with Gasteiger partial charge in [-0.1, -0.05) is 0 Å². The molecule has 1 heterocycles. The summed E-state index contributed by atoms with van der Waals surface area (Å²) in [6.45, 7) is 0. The maximum absolute atomic E-state index is 10.6. The van der Waals surface area contributed by atoms with Crippen molar-refractivity contribution < 1.29 is 24.2 Å². The summed E-state index contributed by atoms with van der Waals surface area (Å²) in [5.74, 6) is -1.21. The van der Waals surface area contributed by atoms with Crippen molar-refractivity contribution in [1.29, 1.82) is 0 Å². The van der Waals surface area contributed by atoms with Crippen molar-refractivity contribution in [3.05, 3.63) is 0 Å². The largest absolute Gasteiger partial charge is 0.506 e. The summed E-state index contributed by atoms with van der Waals surface area (Å²) in [7, 11) is 0. The monoisotopic (exact) mass is 159 g/mol. The van der Waals surface area contributed by atoms with Crippen molar-refractivity contribution >= 4 is 18.0 Å². The second kappa shape index (κ2) is 2.57. The lowest BCUT2D eigenvalue weighted by Gasteiger charge is -2.02. The fourth-order valence-corrected chi connectivity index (χ4v) is 0.747. The van der Waals surface area contributed by atoms with Crippen LogP contribution in [0.25, 0.3) is 0 Å². The minimum Gasteiger partial charge on any atom is -0.450 e. The van der Waals surface area contributed by atoms with Gasteiger partial charge >= 0.3 is 6.16 Å². The van der Waals surface area contributed by atoms with Crippen LogP contribution < -0.4 is 5.32 Å². The van der Waals surface area contributed by atoms with Gasteiger partial charge < -0.3 is 9.84 Å². The summed E-state index contributed by atoms with van der Waals surface area (Å²) in [4.78, 5) is 30.9. The van der Waals surface area contributed by atoms with E-state index in [1.54, 1.807) is 0 Å². The molecule has 0 aromatic rings. The van der Waals surface area contributed by atoms with E-state index < -0.39 is 24.1 Å². The normalized spacial score (nSPS) is 23.1. The number of ether oxygens (including phenoxy) is 1. The molecule has 1 atom stereocenters. The van der Waals surface area contributed by atoms with Gasteiger partial charge in [-0.15, -0.1) is 0 Å². The van der Waals surface area contributed by atoms with E-state index in [0.29, 0.717) is 0 Å². The Labute approximate surface area is 61.1 Å². The number of imide groups is 1. The molecule has 11 heavy (non-hydrogen) atoms. The molecule has 0 bridgehead atoms. The van der Waals surface area contributed by atoms with E-state index in [1.807, 2.05) is 5.32 Å². The molecule has 6 nitrogen and oxygen atoms in total. The minimum absolute atomic E-state index is 0.217. The van der Waals surface area contributed by atoms with E-state index in [9.17, 15) is 14.4 Å². The van der Waals surface area contributed by atoms with E-state index in [2.05, 4.69) is 4.74 Å². The Morgan fingerprint density at radius 2 is 2.27 bits per heavy atom. The fraction of sp³-hybridized carbons (Fsp3) is 0.400. The van der Waals surface area contributed by atoms with Crippen LogP contribution in [0.2, 0.25) is 0 Å². The number of rotatable bonds is 1. The average molecular weight is 159 g/mol. The maximum atomic E-state index is 10.6. The molecule has 0 saturated carbocycles. The minimum atomic E-state index is -1.56. The molecule has 0 spiro atoms. The summed E-state index contributed by atoms with van der Waals surface area (Å²) in [6.07, 6.45) is -2.94. The number of carbonyl (C=O) groups excluding carboxylic acids is 2. The van der Waals surface area contributed by atoms with Crippen LogP contribution in [0.3, 0.4) is 0 Å². The molecule has 2 amide bonds. The van der Waals surface area contributed by atoms with Crippen LogP contribution >= 0.6 is 0 Å². The lowest BCUT2D eigenvalue weighted by Crippen LogP contribution is -2.27. The molecule has 60 valence electrons. The van der Waals surface area contributed by atoms with Gasteiger partial charge in [-0.25, -0.2) is 4.79 Å². The Bertz CT molecular complexity index is 223. The van der Waals surface area contributed by atoms with E-state index in [4.69, 9.17) is 5.11 Å². The number of nitrogens with one attached hydrogen (secondary N) is 1. The van der Waals surface area contributed by atoms with Gasteiger partial charge in [-0.2, -0.15) is 0 Å². The third kappa shape index (κ3) is 1.66. The second-order valence-electron chi connectivity index (χ2n) is 1.99. The van der Waals surface area contributed by atoms with Gasteiger partial charge in [0.15, 0.2) is 6.10 Å². The number of hydrogen-bond donors (Lipinski definition) is 2. The molecule has 0 radical (unpaired) electrons. The van der Waals surface area contributed by atoms with Crippen LogP contribution in [0.15, 0.2) is 0 Å². The summed E-state index contributed by atoms with van der Waals surface area (Å²) in [5.41, 5.74) is 0. The first kappa shape index (κ1) is 7.52. The quantitative estimate of drug-likeness (QED) is 0.382. The zero-order chi connectivity index (χ0) is 8.43. The van der Waals surface area contributed by atoms with Gasteiger partial charge in [0.1, 0.15) is 0 Å². The van der Waals surface area contributed by atoms with Crippen molar-refractivity contribution in [2.75, 3.05) is 0 Å². The summed E-state index contributed by atoms with van der Waals surface area (Å²) in [6, 6.07) is 0. The molecular weight excluding hydrogens is 154 g/mol. The Morgan fingerprint density at radius 3 is 2.64 bits per heavy atom. The van der Waals surface area contributed by atoms with Gasteiger partial charge in [0.2, 0.25) is 5.91 Å². The lowest BCUT2D eigenvalue weighted by molar-refractivity contribution is -0.128. The van der Waals surface area contributed by atoms with Crippen LogP contribution in [-0.2, 0) is 14.3 Å². The number of carbonyl (C=O) groups is 3. The van der Waals surface area contributed by atoms with Gasteiger partial charge in [-0.3, -0.25) is 14.9 Å². The molecule has 0 aromatic carbocycles. The predicted octanol–water partition coefficient (Wildman–Crippen LogP) is -0.904. The molecule has 1 aliphatic rings. The number of hydrogen-bond acceptors (Lipinski definition) is 4. The van der Waals surface area contributed by atoms with Crippen molar-refractivity contribution in [3.63, 3.8) is 0 Å². The van der Waals surface area contributed by atoms with Gasteiger partial charge in [0.05, 0.1) is 6.42 Å².